The highest BCUT2D eigenvalue weighted by Crippen LogP contribution is 2.32. The second kappa shape index (κ2) is 7.55. The van der Waals surface area contributed by atoms with Gasteiger partial charge in [-0.25, -0.2) is 4.79 Å². The van der Waals surface area contributed by atoms with Crippen LogP contribution in [0.4, 0.5) is 0 Å². The molecule has 122 valence electrons. The summed E-state index contributed by atoms with van der Waals surface area (Å²) in [6, 6.07) is 16.4. The minimum absolute atomic E-state index is 0.204. The van der Waals surface area contributed by atoms with Gasteiger partial charge < -0.3 is 9.47 Å². The average Bonchev–Trinajstić information content (AvgIpc) is 2.57. The molecule has 3 rings (SSSR count). The molecule has 0 fully saturated rings. The van der Waals surface area contributed by atoms with Gasteiger partial charge >= 0.3 is 5.97 Å². The Morgan fingerprint density at radius 1 is 0.917 bits per heavy atom. The van der Waals surface area contributed by atoms with Gasteiger partial charge in [-0.2, -0.15) is 0 Å². The quantitative estimate of drug-likeness (QED) is 0.346. The van der Waals surface area contributed by atoms with Crippen LogP contribution in [0.3, 0.4) is 0 Å². The van der Waals surface area contributed by atoms with E-state index in [4.69, 9.17) is 21.1 Å². The van der Waals surface area contributed by atoms with Crippen molar-refractivity contribution in [1.29, 1.82) is 0 Å². The number of hydrogen-bond donors (Lipinski definition) is 0. The molecule has 0 bridgehead atoms. The van der Waals surface area contributed by atoms with Gasteiger partial charge in [-0.05, 0) is 51.6 Å². The van der Waals surface area contributed by atoms with E-state index in [9.17, 15) is 4.79 Å². The lowest BCUT2D eigenvalue weighted by Crippen LogP contribution is -2.18. The Hall–Kier alpha value is -1.56. The van der Waals surface area contributed by atoms with Crippen LogP contribution in [0.25, 0.3) is 10.8 Å². The van der Waals surface area contributed by atoms with E-state index in [2.05, 4.69) is 31.9 Å². The van der Waals surface area contributed by atoms with Crippen molar-refractivity contribution in [2.45, 2.75) is 0 Å². The summed E-state index contributed by atoms with van der Waals surface area (Å²) in [6.45, 7) is -0.204. The van der Waals surface area contributed by atoms with E-state index in [1.165, 1.54) is 0 Å². The second-order valence-corrected chi connectivity index (χ2v) is 7.07. The molecule has 3 nitrogen and oxygen atoms in total. The number of carbonyl (C=O) groups is 1. The first kappa shape index (κ1) is 17.3. The first-order chi connectivity index (χ1) is 11.5. The van der Waals surface area contributed by atoms with Crippen LogP contribution in [0, 0.1) is 0 Å². The second-order valence-electron chi connectivity index (χ2n) is 4.93. The molecule has 0 N–H and O–H groups in total. The van der Waals surface area contributed by atoms with Gasteiger partial charge in [0.15, 0.2) is 6.61 Å². The van der Waals surface area contributed by atoms with Crippen LogP contribution in [0.5, 0.6) is 11.5 Å². The number of hydrogen-bond acceptors (Lipinski definition) is 3. The Labute approximate surface area is 160 Å². The van der Waals surface area contributed by atoms with Crippen molar-refractivity contribution in [3.8, 4) is 11.5 Å². The molecule has 0 aliphatic rings. The summed E-state index contributed by atoms with van der Waals surface area (Å²) < 4.78 is 12.5. The van der Waals surface area contributed by atoms with Crippen LogP contribution < -0.4 is 9.47 Å². The minimum atomic E-state index is -0.482. The standard InChI is InChI=1S/C18H11Br2ClO3/c19-14-6-8-16(13-4-2-1-3-12(13)14)24-18(22)10-23-17-7-5-11(21)9-15(17)20/h1-9H,10H2. The SMILES string of the molecule is O=C(COc1ccc(Cl)cc1Br)Oc1ccc(Br)c2ccccc12. The number of carbonyl (C=O) groups excluding carboxylic acids is 1. The van der Waals surface area contributed by atoms with Crippen molar-refractivity contribution in [1.82, 2.24) is 0 Å². The van der Waals surface area contributed by atoms with E-state index >= 15 is 0 Å². The zero-order valence-electron chi connectivity index (χ0n) is 12.3. The highest BCUT2D eigenvalue weighted by Gasteiger charge is 2.11. The van der Waals surface area contributed by atoms with Crippen molar-refractivity contribution in [2.75, 3.05) is 6.61 Å². The van der Waals surface area contributed by atoms with Gasteiger partial charge in [-0.3, -0.25) is 0 Å². The number of fused-ring (bicyclic) bond motifs is 1. The zero-order chi connectivity index (χ0) is 17.1. The highest BCUT2D eigenvalue weighted by atomic mass is 79.9. The van der Waals surface area contributed by atoms with Crippen molar-refractivity contribution in [3.63, 3.8) is 0 Å². The molecule has 0 saturated carbocycles. The van der Waals surface area contributed by atoms with Gasteiger partial charge in [-0.15, -0.1) is 0 Å². The molecule has 0 saturated heterocycles. The maximum absolute atomic E-state index is 12.1. The maximum atomic E-state index is 12.1. The number of halogens is 3. The van der Waals surface area contributed by atoms with Crippen molar-refractivity contribution < 1.29 is 14.3 Å². The first-order valence-corrected chi connectivity index (χ1v) is 8.97. The monoisotopic (exact) mass is 468 g/mol. The predicted molar refractivity (Wildman–Crippen MR) is 102 cm³/mol. The number of ether oxygens (including phenoxy) is 2. The number of benzene rings is 3. The van der Waals surface area contributed by atoms with Gasteiger partial charge in [0.25, 0.3) is 0 Å². The minimum Gasteiger partial charge on any atom is -0.481 e. The summed E-state index contributed by atoms with van der Waals surface area (Å²) in [7, 11) is 0. The van der Waals surface area contributed by atoms with Crippen LogP contribution in [-0.2, 0) is 4.79 Å². The van der Waals surface area contributed by atoms with Crippen LogP contribution in [0.15, 0.2) is 63.5 Å². The topological polar surface area (TPSA) is 35.5 Å². The van der Waals surface area contributed by atoms with E-state index in [1.54, 1.807) is 24.3 Å². The van der Waals surface area contributed by atoms with Crippen molar-refractivity contribution in [3.05, 3.63) is 68.6 Å². The lowest BCUT2D eigenvalue weighted by Gasteiger charge is -2.10. The van der Waals surface area contributed by atoms with Crippen LogP contribution in [0.1, 0.15) is 0 Å². The predicted octanol–water partition coefficient (Wildman–Crippen LogP) is 6.00. The molecule has 0 radical (unpaired) electrons. The third-order valence-corrected chi connectivity index (χ3v) is 4.84. The molecule has 0 aliphatic carbocycles. The summed E-state index contributed by atoms with van der Waals surface area (Å²) >= 11 is 12.7. The Morgan fingerprint density at radius 3 is 2.38 bits per heavy atom. The normalized spacial score (nSPS) is 10.6. The molecule has 0 spiro atoms. The van der Waals surface area contributed by atoms with Crippen LogP contribution in [-0.4, -0.2) is 12.6 Å². The number of esters is 1. The van der Waals surface area contributed by atoms with Gasteiger partial charge in [-0.1, -0.05) is 51.8 Å². The van der Waals surface area contributed by atoms with E-state index in [0.29, 0.717) is 21.0 Å². The van der Waals surface area contributed by atoms with Gasteiger partial charge in [0.2, 0.25) is 0 Å². The van der Waals surface area contributed by atoms with Gasteiger partial charge in [0.1, 0.15) is 11.5 Å². The molecule has 0 aromatic heterocycles. The summed E-state index contributed by atoms with van der Waals surface area (Å²) in [4.78, 5) is 12.1. The lowest BCUT2D eigenvalue weighted by molar-refractivity contribution is -0.136. The Bertz CT molecular complexity index is 912. The summed E-state index contributed by atoms with van der Waals surface area (Å²) in [5.41, 5.74) is 0. The van der Waals surface area contributed by atoms with Gasteiger partial charge in [0, 0.05) is 14.9 Å². The molecule has 0 amide bonds. The molecule has 3 aromatic rings. The summed E-state index contributed by atoms with van der Waals surface area (Å²) in [5.74, 6) is 0.541. The lowest BCUT2D eigenvalue weighted by atomic mass is 10.1. The molecule has 0 unspecified atom stereocenters. The molecule has 3 aromatic carbocycles. The third kappa shape index (κ3) is 3.91. The van der Waals surface area contributed by atoms with E-state index in [1.807, 2.05) is 30.3 Å². The van der Waals surface area contributed by atoms with Gasteiger partial charge in [0.05, 0.1) is 4.47 Å². The maximum Gasteiger partial charge on any atom is 0.349 e. The summed E-state index contributed by atoms with van der Waals surface area (Å²) in [6.07, 6.45) is 0. The highest BCUT2D eigenvalue weighted by molar-refractivity contribution is 9.11. The van der Waals surface area contributed by atoms with Crippen molar-refractivity contribution >= 4 is 60.2 Å². The Balaban J connectivity index is 1.72. The molecule has 0 atom stereocenters. The fraction of sp³-hybridized carbons (Fsp3) is 0.0556. The fourth-order valence-corrected chi connectivity index (χ4v) is 3.48. The molecular formula is C18H11Br2ClO3. The average molecular weight is 471 g/mol. The van der Waals surface area contributed by atoms with E-state index in [0.717, 1.165) is 15.2 Å². The molecule has 6 heteroatoms. The largest absolute Gasteiger partial charge is 0.481 e. The molecule has 0 heterocycles. The third-order valence-electron chi connectivity index (χ3n) is 3.29. The molecular weight excluding hydrogens is 459 g/mol. The Morgan fingerprint density at radius 2 is 1.62 bits per heavy atom. The Kier molecular flexibility index (Phi) is 5.43. The molecule has 24 heavy (non-hydrogen) atoms. The van der Waals surface area contributed by atoms with E-state index < -0.39 is 5.97 Å². The van der Waals surface area contributed by atoms with Crippen molar-refractivity contribution in [2.24, 2.45) is 0 Å². The van der Waals surface area contributed by atoms with E-state index in [-0.39, 0.29) is 6.61 Å². The van der Waals surface area contributed by atoms with Crippen LogP contribution >= 0.6 is 43.5 Å². The zero-order valence-corrected chi connectivity index (χ0v) is 16.2. The fourth-order valence-electron chi connectivity index (χ4n) is 2.20. The first-order valence-electron chi connectivity index (χ1n) is 7.00. The summed E-state index contributed by atoms with van der Waals surface area (Å²) in [5, 5.41) is 2.41. The molecule has 0 aliphatic heterocycles. The smallest absolute Gasteiger partial charge is 0.349 e. The van der Waals surface area contributed by atoms with Crippen LogP contribution in [0.2, 0.25) is 5.02 Å². The number of rotatable bonds is 4.